The predicted molar refractivity (Wildman–Crippen MR) is 129 cm³/mol. The van der Waals surface area contributed by atoms with E-state index in [1.165, 1.54) is 38.3 Å². The monoisotopic (exact) mass is 470 g/mol. The third-order valence-corrected chi connectivity index (χ3v) is 8.31. The Morgan fingerprint density at radius 2 is 1.82 bits per heavy atom. The van der Waals surface area contributed by atoms with Gasteiger partial charge in [-0.15, -0.1) is 0 Å². The third kappa shape index (κ3) is 3.64. The third-order valence-electron chi connectivity index (χ3n) is 7.70. The number of nitrogens with zero attached hydrogens (tertiary/aromatic N) is 1. The number of nitrogens with one attached hydrogen (secondary N) is 2. The van der Waals surface area contributed by atoms with Crippen LogP contribution in [0.1, 0.15) is 36.2 Å². The first-order valence-electron chi connectivity index (χ1n) is 13.0. The van der Waals surface area contributed by atoms with Crippen molar-refractivity contribution in [3.05, 3.63) is 47.0 Å². The van der Waals surface area contributed by atoms with E-state index in [0.29, 0.717) is 39.8 Å². The second-order valence-electron chi connectivity index (χ2n) is 10.1. The number of ether oxygens (including phenoxy) is 1. The minimum absolute atomic E-state index is 0.0699. The summed E-state index contributed by atoms with van der Waals surface area (Å²) < 4.78 is 57.5. The summed E-state index contributed by atoms with van der Waals surface area (Å²) in [5.41, 5.74) is 0.886. The van der Waals surface area contributed by atoms with E-state index in [4.69, 9.17) is 8.85 Å². The second-order valence-corrected chi connectivity index (χ2v) is 11.8. The smallest absolute Gasteiger partial charge is 0.274 e. The predicted octanol–water partition coefficient (Wildman–Crippen LogP) is 4.11. The Labute approximate surface area is 197 Å². The fourth-order valence-corrected chi connectivity index (χ4v) is 7.25. The molecule has 2 N–H and O–H groups in total. The molecule has 0 atom stereocenters. The number of aryl methyl sites for hydroxylation is 1. The summed E-state index contributed by atoms with van der Waals surface area (Å²) >= 11 is 0. The van der Waals surface area contributed by atoms with Gasteiger partial charge < -0.3 is 14.3 Å². The van der Waals surface area contributed by atoms with Crippen LogP contribution < -0.4 is 15.0 Å². The normalized spacial score (nSPS) is 30.1. The minimum Gasteiger partial charge on any atom is -0.489 e. The number of aromatic amines is 1. The molecule has 0 saturated heterocycles. The summed E-state index contributed by atoms with van der Waals surface area (Å²) in [7, 11) is -3.54. The molecule has 0 amide bonds. The SMILES string of the molecule is [2H]C([2H])([2H])n1cc(-c2cc(NS(C)(=O)=O)ccc2OC2C3CC4CC(C3)CC2C4)c2cc[nH]c2c1=O. The van der Waals surface area contributed by atoms with Gasteiger partial charge >= 0.3 is 0 Å². The summed E-state index contributed by atoms with van der Waals surface area (Å²) in [6.07, 6.45) is 10.1. The lowest BCUT2D eigenvalue weighted by Gasteiger charge is -2.53. The average Bonchev–Trinajstić information content (AvgIpc) is 3.26. The van der Waals surface area contributed by atoms with Gasteiger partial charge in [-0.25, -0.2) is 8.42 Å². The van der Waals surface area contributed by atoms with E-state index >= 15 is 0 Å². The number of hydrogen-bond acceptors (Lipinski definition) is 4. The van der Waals surface area contributed by atoms with Crippen LogP contribution >= 0.6 is 0 Å². The molecule has 4 aliphatic carbocycles. The lowest BCUT2D eigenvalue weighted by Crippen LogP contribution is -2.50. The highest BCUT2D eigenvalue weighted by Crippen LogP contribution is 2.55. The zero-order valence-electron chi connectivity index (χ0n) is 21.4. The van der Waals surface area contributed by atoms with Crippen LogP contribution in [-0.2, 0) is 17.0 Å². The molecule has 3 aromatic rings. The van der Waals surface area contributed by atoms with Crippen molar-refractivity contribution >= 4 is 26.6 Å². The molecule has 8 heteroatoms. The molecule has 4 bridgehead atoms. The van der Waals surface area contributed by atoms with Crippen molar-refractivity contribution in [1.29, 1.82) is 0 Å². The molecular weight excluding hydrogens is 438 g/mol. The van der Waals surface area contributed by atoms with Gasteiger partial charge in [0.25, 0.3) is 5.56 Å². The van der Waals surface area contributed by atoms with Crippen molar-refractivity contribution in [3.63, 3.8) is 0 Å². The molecule has 7 nitrogen and oxygen atoms in total. The van der Waals surface area contributed by atoms with Gasteiger partial charge in [-0.2, -0.15) is 0 Å². The number of aromatic nitrogens is 2. The van der Waals surface area contributed by atoms with Crippen molar-refractivity contribution in [1.82, 2.24) is 9.55 Å². The highest BCUT2D eigenvalue weighted by molar-refractivity contribution is 7.92. The van der Waals surface area contributed by atoms with Crippen LogP contribution in [0.2, 0.25) is 0 Å². The Morgan fingerprint density at radius 3 is 2.48 bits per heavy atom. The van der Waals surface area contributed by atoms with E-state index in [1.54, 1.807) is 30.5 Å². The van der Waals surface area contributed by atoms with Crippen LogP contribution in [0.5, 0.6) is 5.75 Å². The molecular formula is C25H29N3O4S. The van der Waals surface area contributed by atoms with Gasteiger partial charge in [0, 0.05) is 45.7 Å². The van der Waals surface area contributed by atoms with Gasteiger partial charge in [0.05, 0.1) is 6.26 Å². The first-order valence-corrected chi connectivity index (χ1v) is 13.4. The summed E-state index contributed by atoms with van der Waals surface area (Å²) in [6, 6.07) is 6.78. The molecule has 174 valence electrons. The molecule has 0 spiro atoms. The van der Waals surface area contributed by atoms with Crippen LogP contribution in [0.3, 0.4) is 0 Å². The molecule has 33 heavy (non-hydrogen) atoms. The fourth-order valence-electron chi connectivity index (χ4n) is 6.70. The number of benzene rings is 1. The van der Waals surface area contributed by atoms with E-state index in [1.807, 2.05) is 0 Å². The number of hydrogen-bond donors (Lipinski definition) is 2. The van der Waals surface area contributed by atoms with Gasteiger partial charge in [0.2, 0.25) is 10.0 Å². The molecule has 0 aliphatic heterocycles. The largest absolute Gasteiger partial charge is 0.489 e. The van der Waals surface area contributed by atoms with Crippen molar-refractivity contribution in [3.8, 4) is 16.9 Å². The lowest BCUT2D eigenvalue weighted by atomic mass is 9.55. The van der Waals surface area contributed by atoms with Gasteiger partial charge in [0.15, 0.2) is 0 Å². The molecule has 2 heterocycles. The maximum Gasteiger partial charge on any atom is 0.274 e. The van der Waals surface area contributed by atoms with Crippen LogP contribution in [0.15, 0.2) is 41.5 Å². The number of fused-ring (bicyclic) bond motifs is 1. The molecule has 2 aromatic heterocycles. The molecule has 0 radical (unpaired) electrons. The van der Waals surface area contributed by atoms with Gasteiger partial charge in [-0.1, -0.05) is 0 Å². The number of anilines is 1. The van der Waals surface area contributed by atoms with Crippen LogP contribution in [0.4, 0.5) is 5.69 Å². The summed E-state index contributed by atoms with van der Waals surface area (Å²) in [5.74, 6) is 3.12. The summed E-state index contributed by atoms with van der Waals surface area (Å²) in [4.78, 5) is 15.8. The average molecular weight is 471 g/mol. The zero-order chi connectivity index (χ0) is 25.4. The number of H-pyrrole nitrogens is 1. The van der Waals surface area contributed by atoms with E-state index in [-0.39, 0.29) is 11.6 Å². The van der Waals surface area contributed by atoms with Crippen molar-refractivity contribution in [2.45, 2.75) is 38.2 Å². The Balaban J connectivity index is 1.50. The summed E-state index contributed by atoms with van der Waals surface area (Å²) in [6.45, 7) is -2.68. The Morgan fingerprint density at radius 1 is 1.09 bits per heavy atom. The van der Waals surface area contributed by atoms with E-state index in [0.717, 1.165) is 22.7 Å². The Bertz CT molecular complexity index is 1480. The van der Waals surface area contributed by atoms with Crippen LogP contribution in [-0.4, -0.2) is 30.3 Å². The molecule has 1 aromatic carbocycles. The van der Waals surface area contributed by atoms with Crippen molar-refractivity contribution in [2.24, 2.45) is 30.6 Å². The zero-order valence-corrected chi connectivity index (χ0v) is 19.2. The van der Waals surface area contributed by atoms with E-state index in [2.05, 4.69) is 9.71 Å². The number of pyridine rings is 1. The molecule has 4 aliphatic rings. The van der Waals surface area contributed by atoms with Gasteiger partial charge in [-0.05, 0) is 80.0 Å². The molecule has 4 saturated carbocycles. The number of rotatable bonds is 5. The molecule has 0 unspecified atom stereocenters. The quantitative estimate of drug-likeness (QED) is 0.587. The lowest BCUT2D eigenvalue weighted by molar-refractivity contribution is -0.0787. The molecule has 4 fully saturated rings. The summed E-state index contributed by atoms with van der Waals surface area (Å²) in [5, 5.41) is 0.548. The fraction of sp³-hybridized carbons (Fsp3) is 0.480. The van der Waals surface area contributed by atoms with E-state index < -0.39 is 22.6 Å². The first kappa shape index (κ1) is 17.7. The van der Waals surface area contributed by atoms with Gasteiger partial charge in [-0.3, -0.25) is 9.52 Å². The topological polar surface area (TPSA) is 93.2 Å². The molecule has 7 rings (SSSR count). The Hall–Kier alpha value is -2.74. The maximum atomic E-state index is 12.9. The van der Waals surface area contributed by atoms with Crippen LogP contribution in [0, 0.1) is 23.7 Å². The first-order chi connectivity index (χ1) is 17.0. The van der Waals surface area contributed by atoms with Crippen molar-refractivity contribution < 1.29 is 17.3 Å². The standard InChI is InChI=1S/C25H29N3O4S/c1-28-13-21(19-5-6-26-23(19)25(28)29)20-12-18(27-33(2,30)31)3-4-22(20)32-24-16-8-14-7-15(10-16)11-17(24)9-14/h3-6,12-17,24,26-27H,7-11H2,1-2H3/i1D3. The minimum atomic E-state index is -3.54. The van der Waals surface area contributed by atoms with Gasteiger partial charge in [0.1, 0.15) is 17.4 Å². The van der Waals surface area contributed by atoms with Crippen LogP contribution in [0.25, 0.3) is 22.0 Å². The van der Waals surface area contributed by atoms with Crippen molar-refractivity contribution in [2.75, 3.05) is 11.0 Å². The number of sulfonamides is 1. The Kier molecular flexibility index (Phi) is 3.96. The highest BCUT2D eigenvalue weighted by atomic mass is 32.2. The maximum absolute atomic E-state index is 12.9. The highest BCUT2D eigenvalue weighted by Gasteiger charge is 2.49. The second kappa shape index (κ2) is 7.38. The van der Waals surface area contributed by atoms with E-state index in [9.17, 15) is 13.2 Å².